The molecule has 1 heterocycles. The van der Waals surface area contributed by atoms with Gasteiger partial charge in [0.1, 0.15) is 5.75 Å². The van der Waals surface area contributed by atoms with E-state index in [1.807, 2.05) is 0 Å². The van der Waals surface area contributed by atoms with Gasteiger partial charge < -0.3 is 19.8 Å². The average molecular weight is 300 g/mol. The predicted molar refractivity (Wildman–Crippen MR) is 74.8 cm³/mol. The van der Waals surface area contributed by atoms with E-state index < -0.39 is 23.7 Å². The minimum absolute atomic E-state index is 0.0526. The van der Waals surface area contributed by atoms with Crippen LogP contribution in [0, 0.1) is 5.41 Å². The van der Waals surface area contributed by atoms with Crippen molar-refractivity contribution in [1.82, 2.24) is 4.90 Å². The molecule has 5 nitrogen and oxygen atoms in total. The van der Waals surface area contributed by atoms with Crippen LogP contribution in [0.5, 0.6) is 5.75 Å². The van der Waals surface area contributed by atoms with Crippen LogP contribution in [-0.2, 0) is 0 Å². The highest BCUT2D eigenvalue weighted by Gasteiger charge is 2.42. The number of carbonyl (C=O) groups is 1. The van der Waals surface area contributed by atoms with Crippen molar-refractivity contribution >= 4 is 17.7 Å². The molecule has 110 valence electrons. The molecule has 1 aliphatic heterocycles. The maximum Gasteiger partial charge on any atom is 0.415 e. The fourth-order valence-electron chi connectivity index (χ4n) is 2.30. The molecule has 1 aromatic rings. The lowest BCUT2D eigenvalue weighted by Crippen LogP contribution is -2.58. The molecule has 2 rings (SSSR count). The molecule has 1 amide bonds. The van der Waals surface area contributed by atoms with Gasteiger partial charge >= 0.3 is 6.09 Å². The van der Waals surface area contributed by atoms with Crippen LogP contribution < -0.4 is 4.74 Å². The van der Waals surface area contributed by atoms with Gasteiger partial charge in [0, 0.05) is 17.0 Å². The molecule has 1 saturated heterocycles. The first-order valence-electron chi connectivity index (χ1n) is 6.38. The number of hydrogen-bond acceptors (Lipinski definition) is 4. The Labute approximate surface area is 122 Å². The van der Waals surface area contributed by atoms with E-state index in [0.717, 1.165) is 0 Å². The van der Waals surface area contributed by atoms with Crippen LogP contribution in [0.4, 0.5) is 4.79 Å². The van der Waals surface area contributed by atoms with Gasteiger partial charge in [-0.05, 0) is 24.3 Å². The summed E-state index contributed by atoms with van der Waals surface area (Å²) in [5.74, 6) is 0.387. The van der Waals surface area contributed by atoms with Crippen molar-refractivity contribution in [2.45, 2.75) is 26.1 Å². The zero-order chi connectivity index (χ0) is 14.9. The third-order valence-corrected chi connectivity index (χ3v) is 3.70. The molecule has 1 fully saturated rings. The summed E-state index contributed by atoms with van der Waals surface area (Å²) in [4.78, 5) is 13.5. The van der Waals surface area contributed by atoms with Crippen LogP contribution in [0.25, 0.3) is 0 Å². The standard InChI is InChI=1S/C14H18ClNO4/c1-14(2)8-16(7-11(17)12(14)18)13(19)20-10-5-3-9(15)4-6-10/h3-6,11-12,17-18H,7-8H2,1-2H3. The molecule has 2 unspecified atom stereocenters. The number of likely N-dealkylation sites (tertiary alicyclic amines) is 1. The van der Waals surface area contributed by atoms with Crippen molar-refractivity contribution in [3.63, 3.8) is 0 Å². The summed E-state index contributed by atoms with van der Waals surface area (Å²) >= 11 is 5.76. The van der Waals surface area contributed by atoms with E-state index in [2.05, 4.69) is 0 Å². The Balaban J connectivity index is 2.04. The quantitative estimate of drug-likeness (QED) is 0.831. The summed E-state index contributed by atoms with van der Waals surface area (Å²) in [7, 11) is 0. The molecule has 0 aromatic heterocycles. The second-order valence-electron chi connectivity index (χ2n) is 5.70. The highest BCUT2D eigenvalue weighted by molar-refractivity contribution is 6.30. The molecule has 0 bridgehead atoms. The zero-order valence-corrected chi connectivity index (χ0v) is 12.2. The SMILES string of the molecule is CC1(C)CN(C(=O)Oc2ccc(Cl)cc2)CC(O)C1O. The third kappa shape index (κ3) is 3.23. The van der Waals surface area contributed by atoms with E-state index in [4.69, 9.17) is 16.3 Å². The number of halogens is 1. The van der Waals surface area contributed by atoms with Gasteiger partial charge in [-0.25, -0.2) is 4.79 Å². The van der Waals surface area contributed by atoms with Gasteiger partial charge in [-0.3, -0.25) is 0 Å². The molecular formula is C14H18ClNO4. The number of benzene rings is 1. The maximum atomic E-state index is 12.1. The van der Waals surface area contributed by atoms with Crippen LogP contribution in [0.1, 0.15) is 13.8 Å². The van der Waals surface area contributed by atoms with Crippen molar-refractivity contribution in [3.8, 4) is 5.75 Å². The second kappa shape index (κ2) is 5.60. The van der Waals surface area contributed by atoms with Gasteiger partial charge in [0.25, 0.3) is 0 Å². The summed E-state index contributed by atoms with van der Waals surface area (Å²) in [5, 5.41) is 20.3. The van der Waals surface area contributed by atoms with Crippen LogP contribution in [0.2, 0.25) is 5.02 Å². The van der Waals surface area contributed by atoms with Crippen molar-refractivity contribution < 1.29 is 19.7 Å². The van der Waals surface area contributed by atoms with Crippen LogP contribution >= 0.6 is 11.6 Å². The molecule has 0 spiro atoms. The van der Waals surface area contributed by atoms with Crippen molar-refractivity contribution in [1.29, 1.82) is 0 Å². The van der Waals surface area contributed by atoms with E-state index in [0.29, 0.717) is 17.3 Å². The lowest BCUT2D eigenvalue weighted by atomic mass is 9.80. The summed E-state index contributed by atoms with van der Waals surface area (Å²) < 4.78 is 5.22. The minimum atomic E-state index is -0.975. The van der Waals surface area contributed by atoms with Crippen molar-refractivity contribution in [3.05, 3.63) is 29.3 Å². The topological polar surface area (TPSA) is 70.0 Å². The minimum Gasteiger partial charge on any atom is -0.410 e. The largest absolute Gasteiger partial charge is 0.415 e. The summed E-state index contributed by atoms with van der Waals surface area (Å²) in [6, 6.07) is 6.45. The molecule has 1 aliphatic rings. The lowest BCUT2D eigenvalue weighted by molar-refractivity contribution is -0.101. The van der Waals surface area contributed by atoms with Crippen LogP contribution in [0.3, 0.4) is 0 Å². The van der Waals surface area contributed by atoms with Crippen molar-refractivity contribution in [2.24, 2.45) is 5.41 Å². The first-order chi connectivity index (χ1) is 9.29. The predicted octanol–water partition coefficient (Wildman–Crippen LogP) is 1.90. The molecule has 0 radical (unpaired) electrons. The number of amides is 1. The van der Waals surface area contributed by atoms with Crippen molar-refractivity contribution in [2.75, 3.05) is 13.1 Å². The number of aliphatic hydroxyl groups is 2. The number of β-amino-alcohol motifs (C(OH)–C–C–N with tert-alkyl or cyclic N) is 1. The molecule has 1 aromatic carbocycles. The number of ether oxygens (including phenoxy) is 1. The van der Waals surface area contributed by atoms with Crippen LogP contribution in [-0.4, -0.2) is 46.5 Å². The molecule has 2 atom stereocenters. The molecule has 2 N–H and O–H groups in total. The monoisotopic (exact) mass is 299 g/mol. The van der Waals surface area contributed by atoms with Crippen LogP contribution in [0.15, 0.2) is 24.3 Å². The number of piperidine rings is 1. The second-order valence-corrected chi connectivity index (χ2v) is 6.14. The highest BCUT2D eigenvalue weighted by Crippen LogP contribution is 2.30. The van der Waals surface area contributed by atoms with Gasteiger partial charge in [-0.1, -0.05) is 25.4 Å². The van der Waals surface area contributed by atoms with E-state index >= 15 is 0 Å². The fourth-order valence-corrected chi connectivity index (χ4v) is 2.43. The number of hydrogen-bond donors (Lipinski definition) is 2. The van der Waals surface area contributed by atoms with E-state index in [1.165, 1.54) is 4.90 Å². The first kappa shape index (κ1) is 15.1. The number of rotatable bonds is 1. The number of aliphatic hydroxyl groups excluding tert-OH is 2. The molecule has 20 heavy (non-hydrogen) atoms. The fraction of sp³-hybridized carbons (Fsp3) is 0.500. The average Bonchev–Trinajstić information content (AvgIpc) is 2.38. The Bertz CT molecular complexity index is 488. The Morgan fingerprint density at radius 2 is 1.95 bits per heavy atom. The van der Waals surface area contributed by atoms with Gasteiger partial charge in [-0.15, -0.1) is 0 Å². The van der Waals surface area contributed by atoms with E-state index in [9.17, 15) is 15.0 Å². The molecule has 6 heteroatoms. The molecule has 0 aliphatic carbocycles. The van der Waals surface area contributed by atoms with Gasteiger partial charge in [0.15, 0.2) is 0 Å². The van der Waals surface area contributed by atoms with Gasteiger partial charge in [0.2, 0.25) is 0 Å². The maximum absolute atomic E-state index is 12.1. The summed E-state index contributed by atoms with van der Waals surface area (Å²) in [6.07, 6.45) is -2.38. The Morgan fingerprint density at radius 3 is 2.50 bits per heavy atom. The molecule has 0 saturated carbocycles. The van der Waals surface area contributed by atoms with Gasteiger partial charge in [-0.2, -0.15) is 0 Å². The third-order valence-electron chi connectivity index (χ3n) is 3.45. The summed E-state index contributed by atoms with van der Waals surface area (Å²) in [6.45, 7) is 3.96. The Hall–Kier alpha value is -1.30. The Morgan fingerprint density at radius 1 is 1.35 bits per heavy atom. The van der Waals surface area contributed by atoms with Gasteiger partial charge in [0.05, 0.1) is 18.8 Å². The Kier molecular flexibility index (Phi) is 4.22. The number of carbonyl (C=O) groups excluding carboxylic acids is 1. The number of nitrogens with zero attached hydrogens (tertiary/aromatic N) is 1. The zero-order valence-electron chi connectivity index (χ0n) is 11.4. The normalized spacial score (nSPS) is 25.4. The molecular weight excluding hydrogens is 282 g/mol. The van der Waals surface area contributed by atoms with E-state index in [1.54, 1.807) is 38.1 Å². The van der Waals surface area contributed by atoms with E-state index in [-0.39, 0.29) is 6.54 Å². The summed E-state index contributed by atoms with van der Waals surface area (Å²) in [5.41, 5.74) is -0.587. The highest BCUT2D eigenvalue weighted by atomic mass is 35.5. The smallest absolute Gasteiger partial charge is 0.410 e. The lowest BCUT2D eigenvalue weighted by Gasteiger charge is -2.43. The first-order valence-corrected chi connectivity index (χ1v) is 6.76.